The molecule has 1 atom stereocenters. The predicted octanol–water partition coefficient (Wildman–Crippen LogP) is 2.17. The van der Waals surface area contributed by atoms with Crippen LogP contribution >= 0.6 is 0 Å². The van der Waals surface area contributed by atoms with Crippen molar-refractivity contribution in [2.45, 2.75) is 57.2 Å². The third-order valence-corrected chi connectivity index (χ3v) is 4.18. The molecule has 1 saturated carbocycles. The summed E-state index contributed by atoms with van der Waals surface area (Å²) in [4.78, 5) is 28.1. The number of hydroxylamine groups is 2. The van der Waals surface area contributed by atoms with E-state index in [4.69, 9.17) is 0 Å². The largest absolute Gasteiger partial charge is 0.493 e. The van der Waals surface area contributed by atoms with Crippen molar-refractivity contribution in [2.24, 2.45) is 5.92 Å². The van der Waals surface area contributed by atoms with E-state index in [1.807, 2.05) is 0 Å². The number of hydrogen-bond acceptors (Lipinski definition) is 4. The fraction of sp³-hybridized carbons (Fsp3) is 0.857. The Morgan fingerprint density at radius 2 is 1.73 bits per heavy atom. The molecule has 1 aliphatic carbocycles. The molecule has 8 heteroatoms. The quantitative estimate of drug-likeness (QED) is 0.792. The first-order valence-corrected chi connectivity index (χ1v) is 7.72. The predicted molar refractivity (Wildman–Crippen MR) is 71.5 cm³/mol. The van der Waals surface area contributed by atoms with Gasteiger partial charge in [0.05, 0.1) is 12.0 Å². The maximum absolute atomic E-state index is 12.5. The summed E-state index contributed by atoms with van der Waals surface area (Å²) in [5.41, 5.74) is 0. The SMILES string of the molecule is O=C([C@H]1CCCNC1)N(OC(=O)C(F)(F)F)C1CCCCC1. The van der Waals surface area contributed by atoms with Gasteiger partial charge in [0.2, 0.25) is 0 Å². The summed E-state index contributed by atoms with van der Waals surface area (Å²) in [6, 6.07) is -0.450. The summed E-state index contributed by atoms with van der Waals surface area (Å²) in [6.07, 6.45) is 0.0331. The van der Waals surface area contributed by atoms with Gasteiger partial charge >= 0.3 is 12.1 Å². The molecule has 0 aromatic carbocycles. The molecule has 126 valence electrons. The van der Waals surface area contributed by atoms with E-state index in [1.54, 1.807) is 0 Å². The van der Waals surface area contributed by atoms with Gasteiger partial charge in [-0.3, -0.25) is 4.79 Å². The van der Waals surface area contributed by atoms with Crippen molar-refractivity contribution in [3.05, 3.63) is 0 Å². The van der Waals surface area contributed by atoms with Gasteiger partial charge in [-0.1, -0.05) is 19.3 Å². The summed E-state index contributed by atoms with van der Waals surface area (Å²) in [5, 5.41) is 3.76. The summed E-state index contributed by atoms with van der Waals surface area (Å²) in [5.74, 6) is -3.27. The van der Waals surface area contributed by atoms with E-state index in [2.05, 4.69) is 10.2 Å². The Hall–Kier alpha value is -1.31. The maximum atomic E-state index is 12.5. The second-order valence-corrected chi connectivity index (χ2v) is 5.88. The summed E-state index contributed by atoms with van der Waals surface area (Å²) >= 11 is 0. The number of halogens is 3. The molecular weight excluding hydrogens is 301 g/mol. The average molecular weight is 322 g/mol. The second kappa shape index (κ2) is 7.30. The Bertz CT molecular complexity index is 403. The summed E-state index contributed by atoms with van der Waals surface area (Å²) in [6.45, 7) is 1.20. The summed E-state index contributed by atoms with van der Waals surface area (Å²) < 4.78 is 37.4. The Labute approximate surface area is 127 Å². The number of nitrogens with one attached hydrogen (secondary N) is 1. The number of nitrogens with zero attached hydrogens (tertiary/aromatic N) is 1. The van der Waals surface area contributed by atoms with Crippen molar-refractivity contribution in [1.29, 1.82) is 0 Å². The van der Waals surface area contributed by atoms with Crippen LogP contribution in [-0.2, 0) is 14.4 Å². The minimum atomic E-state index is -5.10. The molecule has 1 saturated heterocycles. The van der Waals surface area contributed by atoms with Crippen molar-refractivity contribution in [2.75, 3.05) is 13.1 Å². The molecule has 0 unspecified atom stereocenters. The van der Waals surface area contributed by atoms with Crippen LogP contribution < -0.4 is 5.32 Å². The average Bonchev–Trinajstić information content (AvgIpc) is 2.52. The van der Waals surface area contributed by atoms with E-state index < -0.39 is 30.0 Å². The highest BCUT2D eigenvalue weighted by molar-refractivity contribution is 5.82. The minimum Gasteiger partial charge on any atom is -0.329 e. The number of alkyl halides is 3. The Morgan fingerprint density at radius 1 is 1.05 bits per heavy atom. The first-order chi connectivity index (χ1) is 10.4. The maximum Gasteiger partial charge on any atom is 0.493 e. The minimum absolute atomic E-state index is 0.408. The molecule has 2 fully saturated rings. The molecule has 0 aromatic rings. The Morgan fingerprint density at radius 3 is 2.27 bits per heavy atom. The van der Waals surface area contributed by atoms with Crippen molar-refractivity contribution in [3.8, 4) is 0 Å². The van der Waals surface area contributed by atoms with Gasteiger partial charge in [0.1, 0.15) is 0 Å². The third-order valence-electron chi connectivity index (χ3n) is 4.18. The van der Waals surface area contributed by atoms with Crippen LogP contribution in [0.25, 0.3) is 0 Å². The summed E-state index contributed by atoms with van der Waals surface area (Å²) in [7, 11) is 0. The fourth-order valence-electron chi connectivity index (χ4n) is 3.00. The normalized spacial score (nSPS) is 23.9. The molecule has 2 aliphatic rings. The lowest BCUT2D eigenvalue weighted by atomic mass is 9.93. The molecule has 2 rings (SSSR count). The van der Waals surface area contributed by atoms with E-state index >= 15 is 0 Å². The zero-order valence-corrected chi connectivity index (χ0v) is 12.3. The lowest BCUT2D eigenvalue weighted by Gasteiger charge is -2.35. The van der Waals surface area contributed by atoms with Crippen LogP contribution in [0.2, 0.25) is 0 Å². The van der Waals surface area contributed by atoms with E-state index in [1.165, 1.54) is 0 Å². The van der Waals surface area contributed by atoms with Crippen molar-refractivity contribution in [1.82, 2.24) is 10.4 Å². The van der Waals surface area contributed by atoms with Gasteiger partial charge in [-0.05, 0) is 32.2 Å². The zero-order valence-electron chi connectivity index (χ0n) is 12.3. The fourth-order valence-corrected chi connectivity index (χ4v) is 3.00. The number of hydrogen-bond donors (Lipinski definition) is 1. The zero-order chi connectivity index (χ0) is 16.2. The van der Waals surface area contributed by atoms with E-state index in [0.717, 1.165) is 32.2 Å². The van der Waals surface area contributed by atoms with Crippen LogP contribution in [0.3, 0.4) is 0 Å². The molecule has 5 nitrogen and oxygen atoms in total. The Balaban J connectivity index is 2.09. The molecule has 1 heterocycles. The molecule has 0 radical (unpaired) electrons. The standard InChI is InChI=1S/C14H21F3N2O3/c15-14(16,17)13(21)22-19(11-6-2-1-3-7-11)12(20)10-5-4-8-18-9-10/h10-11,18H,1-9H2/t10-/m0/s1. The Kier molecular flexibility index (Phi) is 5.66. The lowest BCUT2D eigenvalue weighted by molar-refractivity contribution is -0.246. The van der Waals surface area contributed by atoms with Crippen LogP contribution in [-0.4, -0.2) is 42.2 Å². The van der Waals surface area contributed by atoms with Crippen molar-refractivity contribution >= 4 is 11.9 Å². The van der Waals surface area contributed by atoms with Crippen molar-refractivity contribution < 1.29 is 27.6 Å². The van der Waals surface area contributed by atoms with E-state index in [0.29, 0.717) is 30.9 Å². The lowest BCUT2D eigenvalue weighted by Crippen LogP contribution is -2.50. The topological polar surface area (TPSA) is 58.6 Å². The smallest absolute Gasteiger partial charge is 0.329 e. The number of rotatable bonds is 2. The van der Waals surface area contributed by atoms with Crippen LogP contribution in [0.1, 0.15) is 44.9 Å². The van der Waals surface area contributed by atoms with Crippen molar-refractivity contribution in [3.63, 3.8) is 0 Å². The van der Waals surface area contributed by atoms with Gasteiger partial charge in [-0.2, -0.15) is 18.2 Å². The van der Waals surface area contributed by atoms with E-state index in [-0.39, 0.29) is 0 Å². The van der Waals surface area contributed by atoms with Gasteiger partial charge in [-0.15, -0.1) is 0 Å². The molecule has 1 amide bonds. The number of carbonyl (C=O) groups excluding carboxylic acids is 2. The van der Waals surface area contributed by atoms with E-state index in [9.17, 15) is 22.8 Å². The monoisotopic (exact) mass is 322 g/mol. The molecule has 0 spiro atoms. The second-order valence-electron chi connectivity index (χ2n) is 5.88. The first kappa shape index (κ1) is 17.1. The van der Waals surface area contributed by atoms with Crippen LogP contribution in [0.4, 0.5) is 13.2 Å². The molecule has 1 aliphatic heterocycles. The van der Waals surface area contributed by atoms with Gasteiger partial charge in [0, 0.05) is 6.54 Å². The van der Waals surface area contributed by atoms with Gasteiger partial charge < -0.3 is 10.2 Å². The molecular formula is C14H21F3N2O3. The van der Waals surface area contributed by atoms with Crippen LogP contribution in [0.15, 0.2) is 0 Å². The molecule has 1 N–H and O–H groups in total. The molecule has 22 heavy (non-hydrogen) atoms. The number of amides is 1. The number of piperidine rings is 1. The van der Waals surface area contributed by atoms with Gasteiger partial charge in [0.15, 0.2) is 0 Å². The highest BCUT2D eigenvalue weighted by atomic mass is 19.4. The van der Waals surface area contributed by atoms with Gasteiger partial charge in [-0.25, -0.2) is 4.79 Å². The third kappa shape index (κ3) is 4.34. The highest BCUT2D eigenvalue weighted by Gasteiger charge is 2.45. The molecule has 0 aromatic heterocycles. The van der Waals surface area contributed by atoms with Crippen LogP contribution in [0, 0.1) is 5.92 Å². The van der Waals surface area contributed by atoms with Gasteiger partial charge in [0.25, 0.3) is 5.91 Å². The molecule has 0 bridgehead atoms. The highest BCUT2D eigenvalue weighted by Crippen LogP contribution is 2.27. The first-order valence-electron chi connectivity index (χ1n) is 7.72. The number of carbonyl (C=O) groups is 2. The van der Waals surface area contributed by atoms with Crippen LogP contribution in [0.5, 0.6) is 0 Å².